The number of rotatable bonds is 3. The molecule has 3 nitrogen and oxygen atoms in total. The molecule has 1 aromatic rings. The Labute approximate surface area is 111 Å². The van der Waals surface area contributed by atoms with Gasteiger partial charge in [-0.25, -0.2) is 0 Å². The second kappa shape index (κ2) is 7.78. The molecule has 0 aromatic heterocycles. The molecule has 2 N–H and O–H groups in total. The van der Waals surface area contributed by atoms with Gasteiger partial charge in [0.2, 0.25) is 5.91 Å². The van der Waals surface area contributed by atoms with Gasteiger partial charge in [-0.2, -0.15) is 13.2 Å². The number of alkyl halides is 3. The van der Waals surface area contributed by atoms with Crippen molar-refractivity contribution in [3.63, 3.8) is 0 Å². The first-order valence-corrected chi connectivity index (χ1v) is 6.01. The van der Waals surface area contributed by atoms with E-state index in [4.69, 9.17) is 5.73 Å². The molecule has 0 aliphatic heterocycles. The highest BCUT2D eigenvalue weighted by atomic mass is 19.4. The molecule has 0 aliphatic carbocycles. The molecule has 0 atom stereocenters. The minimum atomic E-state index is -4.37. The number of carbonyl (C=O) groups excluding carboxylic acids is 1. The van der Waals surface area contributed by atoms with Crippen LogP contribution in [0.3, 0.4) is 0 Å². The lowest BCUT2D eigenvalue weighted by atomic mass is 10.2. The number of halogens is 3. The number of nitrogens with two attached hydrogens (primary N) is 1. The fraction of sp³-hybridized carbons (Fsp3) is 0.462. The van der Waals surface area contributed by atoms with Crippen LogP contribution >= 0.6 is 0 Å². The first-order chi connectivity index (χ1) is 8.86. The standard InChI is InChI=1S/C11H13F3N2O.C2H6/c1-8(17)16(7-6-15)10-4-2-9(3-5-10)11(12,13)14;1-2/h2-5H,6-7,15H2,1H3;1-2H3. The summed E-state index contributed by atoms with van der Waals surface area (Å²) in [6, 6.07) is 4.42. The van der Waals surface area contributed by atoms with Crippen molar-refractivity contribution in [1.82, 2.24) is 0 Å². The topological polar surface area (TPSA) is 46.3 Å². The Morgan fingerprint density at radius 1 is 1.21 bits per heavy atom. The van der Waals surface area contributed by atoms with Crippen LogP contribution in [0.2, 0.25) is 0 Å². The largest absolute Gasteiger partial charge is 0.416 e. The predicted molar refractivity (Wildman–Crippen MR) is 69.9 cm³/mol. The van der Waals surface area contributed by atoms with E-state index in [1.165, 1.54) is 24.0 Å². The maximum Gasteiger partial charge on any atom is 0.416 e. The highest BCUT2D eigenvalue weighted by molar-refractivity contribution is 5.91. The third-order valence-electron chi connectivity index (χ3n) is 2.24. The van der Waals surface area contributed by atoms with E-state index in [-0.39, 0.29) is 19.0 Å². The minimum absolute atomic E-state index is 0.251. The van der Waals surface area contributed by atoms with Gasteiger partial charge in [-0.3, -0.25) is 4.79 Å². The molecule has 6 heteroatoms. The molecule has 0 unspecified atom stereocenters. The second-order valence-corrected chi connectivity index (χ2v) is 3.50. The fourth-order valence-corrected chi connectivity index (χ4v) is 1.43. The lowest BCUT2D eigenvalue weighted by Crippen LogP contribution is -2.33. The average molecular weight is 276 g/mol. The van der Waals surface area contributed by atoms with Crippen molar-refractivity contribution >= 4 is 11.6 Å². The third kappa shape index (κ3) is 5.30. The Hall–Kier alpha value is -1.56. The molecule has 0 bridgehead atoms. The van der Waals surface area contributed by atoms with Gasteiger partial charge in [-0.05, 0) is 24.3 Å². The minimum Gasteiger partial charge on any atom is -0.329 e. The van der Waals surface area contributed by atoms with Gasteiger partial charge in [0.1, 0.15) is 0 Å². The van der Waals surface area contributed by atoms with Gasteiger partial charge in [-0.15, -0.1) is 0 Å². The van der Waals surface area contributed by atoms with Crippen molar-refractivity contribution in [3.05, 3.63) is 29.8 Å². The number of carbonyl (C=O) groups is 1. The molecule has 0 saturated heterocycles. The third-order valence-corrected chi connectivity index (χ3v) is 2.24. The first kappa shape index (κ1) is 17.4. The molecule has 0 radical (unpaired) electrons. The maximum atomic E-state index is 12.3. The lowest BCUT2D eigenvalue weighted by molar-refractivity contribution is -0.137. The van der Waals surface area contributed by atoms with Gasteiger partial charge in [0.15, 0.2) is 0 Å². The van der Waals surface area contributed by atoms with Gasteiger partial charge < -0.3 is 10.6 Å². The van der Waals surface area contributed by atoms with Crippen molar-refractivity contribution in [3.8, 4) is 0 Å². The van der Waals surface area contributed by atoms with Crippen LogP contribution in [0.4, 0.5) is 18.9 Å². The Bertz CT molecular complexity index is 388. The van der Waals surface area contributed by atoms with E-state index in [2.05, 4.69) is 0 Å². The van der Waals surface area contributed by atoms with E-state index in [1.807, 2.05) is 13.8 Å². The summed E-state index contributed by atoms with van der Waals surface area (Å²) in [6.07, 6.45) is -4.37. The van der Waals surface area contributed by atoms with Crippen LogP contribution in [0.5, 0.6) is 0 Å². The van der Waals surface area contributed by atoms with Gasteiger partial charge in [0, 0.05) is 25.7 Å². The monoisotopic (exact) mass is 276 g/mol. The van der Waals surface area contributed by atoms with E-state index in [0.717, 1.165) is 12.1 Å². The van der Waals surface area contributed by atoms with E-state index in [1.54, 1.807) is 0 Å². The number of anilines is 1. The summed E-state index contributed by atoms with van der Waals surface area (Å²) >= 11 is 0. The summed E-state index contributed by atoms with van der Waals surface area (Å²) in [5.41, 5.74) is 5.00. The molecule has 19 heavy (non-hydrogen) atoms. The molecule has 108 valence electrons. The fourth-order valence-electron chi connectivity index (χ4n) is 1.43. The summed E-state index contributed by atoms with van der Waals surface area (Å²) in [5.74, 6) is -0.254. The summed E-state index contributed by atoms with van der Waals surface area (Å²) < 4.78 is 37.0. The average Bonchev–Trinajstić information content (AvgIpc) is 2.37. The normalized spacial score (nSPS) is 10.5. The van der Waals surface area contributed by atoms with Crippen molar-refractivity contribution in [2.75, 3.05) is 18.0 Å². The summed E-state index contributed by atoms with van der Waals surface area (Å²) in [5, 5.41) is 0. The Morgan fingerprint density at radius 3 is 2.00 bits per heavy atom. The molecule has 0 aliphatic rings. The Morgan fingerprint density at radius 2 is 1.68 bits per heavy atom. The van der Waals surface area contributed by atoms with E-state index in [9.17, 15) is 18.0 Å². The highest BCUT2D eigenvalue weighted by Crippen LogP contribution is 2.30. The van der Waals surface area contributed by atoms with Crippen LogP contribution in [0.25, 0.3) is 0 Å². The van der Waals surface area contributed by atoms with Crippen molar-refractivity contribution < 1.29 is 18.0 Å². The van der Waals surface area contributed by atoms with E-state index < -0.39 is 11.7 Å². The molecule has 1 amide bonds. The zero-order chi connectivity index (χ0) is 15.1. The van der Waals surface area contributed by atoms with Crippen molar-refractivity contribution in [2.45, 2.75) is 26.9 Å². The van der Waals surface area contributed by atoms with Gasteiger partial charge >= 0.3 is 6.18 Å². The SMILES string of the molecule is CC.CC(=O)N(CCN)c1ccc(C(F)(F)F)cc1. The van der Waals surface area contributed by atoms with E-state index >= 15 is 0 Å². The van der Waals surface area contributed by atoms with Crippen molar-refractivity contribution in [2.24, 2.45) is 5.73 Å². The molecule has 0 saturated carbocycles. The molecular weight excluding hydrogens is 257 g/mol. The Balaban J connectivity index is 0.00000154. The molecule has 0 heterocycles. The van der Waals surface area contributed by atoms with E-state index in [0.29, 0.717) is 5.69 Å². The summed E-state index contributed by atoms with van der Waals surface area (Å²) in [6.45, 7) is 5.87. The first-order valence-electron chi connectivity index (χ1n) is 6.01. The van der Waals surface area contributed by atoms with Crippen molar-refractivity contribution in [1.29, 1.82) is 0 Å². The summed E-state index contributed by atoms with van der Waals surface area (Å²) in [4.78, 5) is 12.6. The van der Waals surface area contributed by atoms with Crippen LogP contribution < -0.4 is 10.6 Å². The molecule has 0 fully saturated rings. The highest BCUT2D eigenvalue weighted by Gasteiger charge is 2.30. The summed E-state index contributed by atoms with van der Waals surface area (Å²) in [7, 11) is 0. The number of hydrogen-bond acceptors (Lipinski definition) is 2. The van der Waals surface area contributed by atoms with Crippen LogP contribution in [-0.4, -0.2) is 19.0 Å². The number of amides is 1. The van der Waals surface area contributed by atoms with Crippen LogP contribution in [-0.2, 0) is 11.0 Å². The lowest BCUT2D eigenvalue weighted by Gasteiger charge is -2.20. The quantitative estimate of drug-likeness (QED) is 0.922. The predicted octanol–water partition coefficient (Wildman–Crippen LogP) is 3.04. The smallest absolute Gasteiger partial charge is 0.329 e. The number of nitrogens with zero attached hydrogens (tertiary/aromatic N) is 1. The molecule has 1 aromatic carbocycles. The van der Waals surface area contributed by atoms with Gasteiger partial charge in [-0.1, -0.05) is 13.8 Å². The molecule has 0 spiro atoms. The molecular formula is C13H19F3N2O. The van der Waals surface area contributed by atoms with Crippen LogP contribution in [0, 0.1) is 0 Å². The second-order valence-electron chi connectivity index (χ2n) is 3.50. The van der Waals surface area contributed by atoms with Crippen LogP contribution in [0.15, 0.2) is 24.3 Å². The van der Waals surface area contributed by atoms with Gasteiger partial charge in [0.25, 0.3) is 0 Å². The molecule has 1 rings (SSSR count). The van der Waals surface area contributed by atoms with Gasteiger partial charge in [0.05, 0.1) is 5.56 Å². The zero-order valence-electron chi connectivity index (χ0n) is 11.3. The zero-order valence-corrected chi connectivity index (χ0v) is 11.3. The Kier molecular flexibility index (Phi) is 7.14. The van der Waals surface area contributed by atoms with Crippen LogP contribution in [0.1, 0.15) is 26.3 Å². The number of benzene rings is 1. The number of hydrogen-bond donors (Lipinski definition) is 1. The maximum absolute atomic E-state index is 12.3.